The summed E-state index contributed by atoms with van der Waals surface area (Å²) in [6.45, 7) is 4.24. The molecule has 0 amide bonds. The molecule has 2 aliphatic rings. The quantitative estimate of drug-likeness (QED) is 0.0747. The highest BCUT2D eigenvalue weighted by molar-refractivity contribution is 8.01. The highest BCUT2D eigenvalue weighted by Gasteiger charge is 2.48. The summed E-state index contributed by atoms with van der Waals surface area (Å²) in [7, 11) is 0. The van der Waals surface area contributed by atoms with E-state index in [1.165, 1.54) is 44.9 Å². The van der Waals surface area contributed by atoms with Gasteiger partial charge in [0.15, 0.2) is 0 Å². The molecule has 2 heterocycles. The number of hydrogen-bond acceptors (Lipinski definition) is 6. The number of rotatable bonds is 22. The molecule has 0 radical (unpaired) electrons. The van der Waals surface area contributed by atoms with Crippen molar-refractivity contribution in [2.45, 2.75) is 182 Å². The maximum atomic E-state index is 12.7. The first-order chi connectivity index (χ1) is 21.9. The molecule has 0 aromatic heterocycles. The number of hydrogen-bond donors (Lipinski definition) is 2. The molecule has 0 aliphatic carbocycles. The monoisotopic (exact) mass is 640 g/mol. The molecule has 2 fully saturated rings. The van der Waals surface area contributed by atoms with Crippen molar-refractivity contribution in [3.8, 4) is 11.8 Å². The molecule has 5 nitrogen and oxygen atoms in total. The molecule has 252 valence electrons. The van der Waals surface area contributed by atoms with Crippen LogP contribution in [0.4, 0.5) is 0 Å². The van der Waals surface area contributed by atoms with Gasteiger partial charge in [0.1, 0.15) is 10.9 Å². The third-order valence-corrected chi connectivity index (χ3v) is 10.7. The Morgan fingerprint density at radius 2 is 1.56 bits per heavy atom. The molecule has 2 N–H and O–H groups in total. The summed E-state index contributed by atoms with van der Waals surface area (Å²) in [4.78, 5) is 13.9. The Balaban J connectivity index is 1.20. The molecule has 1 unspecified atom stereocenters. The molecule has 1 aromatic carbocycles. The Morgan fingerprint density at radius 3 is 2.24 bits per heavy atom. The van der Waals surface area contributed by atoms with Crippen LogP contribution in [0.5, 0.6) is 0 Å². The molecule has 2 aliphatic heterocycles. The van der Waals surface area contributed by atoms with E-state index in [1.54, 1.807) is 11.8 Å². The Morgan fingerprint density at radius 1 is 0.911 bits per heavy atom. The van der Waals surface area contributed by atoms with Crippen LogP contribution in [0, 0.1) is 11.8 Å². The van der Waals surface area contributed by atoms with E-state index in [0.29, 0.717) is 12.8 Å². The molecule has 6 atom stereocenters. The number of allylic oxidation sites excluding steroid dienone is 2. The number of aliphatic hydroxyl groups is 2. The van der Waals surface area contributed by atoms with Gasteiger partial charge in [0.2, 0.25) is 0 Å². The lowest BCUT2D eigenvalue weighted by molar-refractivity contribution is -0.142. The highest BCUT2D eigenvalue weighted by atomic mass is 32.2. The maximum Gasteiger partial charge on any atom is 0.322 e. The van der Waals surface area contributed by atoms with Crippen LogP contribution in [0.1, 0.15) is 142 Å². The lowest BCUT2D eigenvalue weighted by atomic mass is 9.96. The molecule has 2 saturated heterocycles. The smallest absolute Gasteiger partial charge is 0.322 e. The van der Waals surface area contributed by atoms with Crippen LogP contribution in [0.25, 0.3) is 0 Å². The minimum Gasteiger partial charge on any atom is -0.462 e. The fourth-order valence-electron chi connectivity index (χ4n) is 6.57. The molecule has 0 bridgehead atoms. The lowest BCUT2D eigenvalue weighted by Crippen LogP contribution is -2.31. The van der Waals surface area contributed by atoms with Crippen LogP contribution in [0.2, 0.25) is 0 Å². The number of ether oxygens (including phenoxy) is 2. The summed E-state index contributed by atoms with van der Waals surface area (Å²) in [5, 5.41) is 21.2. The van der Waals surface area contributed by atoms with Gasteiger partial charge >= 0.3 is 5.97 Å². The van der Waals surface area contributed by atoms with Gasteiger partial charge < -0.3 is 19.7 Å². The van der Waals surface area contributed by atoms with Crippen molar-refractivity contribution in [2.75, 3.05) is 0 Å². The molecule has 0 saturated carbocycles. The molecule has 3 rings (SSSR count). The Labute approximate surface area is 278 Å². The van der Waals surface area contributed by atoms with Gasteiger partial charge in [0.05, 0.1) is 24.4 Å². The van der Waals surface area contributed by atoms with Gasteiger partial charge in [-0.15, -0.1) is 11.8 Å². The van der Waals surface area contributed by atoms with Gasteiger partial charge in [-0.1, -0.05) is 114 Å². The van der Waals surface area contributed by atoms with Crippen LogP contribution in [0.3, 0.4) is 0 Å². The molecular weight excluding hydrogens is 580 g/mol. The predicted molar refractivity (Wildman–Crippen MR) is 186 cm³/mol. The highest BCUT2D eigenvalue weighted by Crippen LogP contribution is 2.45. The van der Waals surface area contributed by atoms with Crippen LogP contribution < -0.4 is 0 Å². The molecule has 6 heteroatoms. The molecular formula is C39H60O5S. The second-order valence-corrected chi connectivity index (χ2v) is 14.7. The van der Waals surface area contributed by atoms with Crippen molar-refractivity contribution in [2.24, 2.45) is 0 Å². The van der Waals surface area contributed by atoms with Crippen molar-refractivity contribution < 1.29 is 24.5 Å². The second kappa shape index (κ2) is 21.9. The minimum atomic E-state index is -0.525. The summed E-state index contributed by atoms with van der Waals surface area (Å²) >= 11 is 1.67. The first kappa shape index (κ1) is 37.7. The maximum absolute atomic E-state index is 12.7. The summed E-state index contributed by atoms with van der Waals surface area (Å²) in [6, 6.07) is 10.2. The number of carbonyl (C=O) groups excluding carboxylic acids is 1. The van der Waals surface area contributed by atoms with E-state index in [4.69, 9.17) is 9.47 Å². The van der Waals surface area contributed by atoms with E-state index in [9.17, 15) is 15.0 Å². The van der Waals surface area contributed by atoms with Gasteiger partial charge in [0.25, 0.3) is 0 Å². The van der Waals surface area contributed by atoms with E-state index in [-0.39, 0.29) is 24.3 Å². The van der Waals surface area contributed by atoms with E-state index < -0.39 is 17.0 Å². The first-order valence-electron chi connectivity index (χ1n) is 18.0. The van der Waals surface area contributed by atoms with Crippen LogP contribution >= 0.6 is 11.8 Å². The third-order valence-electron chi connectivity index (χ3n) is 9.22. The first-order valence-corrected chi connectivity index (χ1v) is 18.9. The van der Waals surface area contributed by atoms with E-state index in [0.717, 1.165) is 75.5 Å². The Bertz CT molecular complexity index is 1030. The Hall–Kier alpha value is -1.78. The molecule has 1 aromatic rings. The lowest BCUT2D eigenvalue weighted by Gasteiger charge is -2.24. The van der Waals surface area contributed by atoms with Crippen LogP contribution in [-0.2, 0) is 14.3 Å². The number of aliphatic hydroxyl groups excluding tert-OH is 2. The normalized spacial score (nSPS) is 24.4. The fraction of sp³-hybridized carbons (Fsp3) is 0.718. The average Bonchev–Trinajstić information content (AvgIpc) is 3.64. The number of carbonyl (C=O) groups is 1. The van der Waals surface area contributed by atoms with Gasteiger partial charge in [-0.2, -0.15) is 0 Å². The summed E-state index contributed by atoms with van der Waals surface area (Å²) in [6.07, 6.45) is 23.6. The number of thioether (sulfide) groups is 1. The summed E-state index contributed by atoms with van der Waals surface area (Å²) < 4.78 is 11.2. The van der Waals surface area contributed by atoms with Crippen molar-refractivity contribution in [1.29, 1.82) is 0 Å². The third kappa shape index (κ3) is 14.3. The van der Waals surface area contributed by atoms with Crippen molar-refractivity contribution >= 4 is 17.7 Å². The standard InChI is InChI=1S/C39H60O5S/c1-3-4-5-6-7-12-15-21-26-34(40)36-28-29-37(44-36)35(41)27-22-16-13-10-8-9-11-14-17-23-30-39(31-32(2)43-38(39)42)45-33-24-19-18-20-25-33/h8,10,18-20,24-25,32,34-37,40-41H,3-7,9,11-12,14-15,17,21-23,26-31H2,1-2H3/b10-8+/t32-,34+,35-,36+,37-,39?/m0/s1. The van der Waals surface area contributed by atoms with Crippen molar-refractivity contribution in [3.63, 3.8) is 0 Å². The zero-order valence-electron chi connectivity index (χ0n) is 28.1. The second-order valence-electron chi connectivity index (χ2n) is 13.2. The van der Waals surface area contributed by atoms with Gasteiger partial charge in [-0.05, 0) is 70.1 Å². The van der Waals surface area contributed by atoms with Crippen LogP contribution in [0.15, 0.2) is 47.4 Å². The number of cyclic esters (lactones) is 1. The zero-order chi connectivity index (χ0) is 32.2. The fourth-order valence-corrected chi connectivity index (χ4v) is 8.01. The number of benzene rings is 1. The topological polar surface area (TPSA) is 76.0 Å². The minimum absolute atomic E-state index is 0.0140. The molecule has 45 heavy (non-hydrogen) atoms. The van der Waals surface area contributed by atoms with E-state index in [2.05, 4.69) is 37.0 Å². The summed E-state index contributed by atoms with van der Waals surface area (Å²) in [5.41, 5.74) is 0. The average molecular weight is 641 g/mol. The van der Waals surface area contributed by atoms with Crippen molar-refractivity contribution in [3.05, 3.63) is 42.5 Å². The zero-order valence-corrected chi connectivity index (χ0v) is 28.9. The SMILES string of the molecule is CCCCCCCCCC[C@@H](O)[C@H]1CC[C@@H]([C@@H](O)CCC#C/C=C/CCCCCCC2(Sc3ccccc3)C[C@H](C)OC2=O)O1. The van der Waals surface area contributed by atoms with Gasteiger partial charge in [-0.25, -0.2) is 0 Å². The molecule has 0 spiro atoms. The number of esters is 1. The van der Waals surface area contributed by atoms with Crippen LogP contribution in [-0.4, -0.2) is 51.4 Å². The van der Waals surface area contributed by atoms with Crippen molar-refractivity contribution in [1.82, 2.24) is 0 Å². The summed E-state index contributed by atoms with van der Waals surface area (Å²) in [5.74, 6) is 6.21. The van der Waals surface area contributed by atoms with E-state index >= 15 is 0 Å². The number of unbranched alkanes of at least 4 members (excludes halogenated alkanes) is 11. The largest absolute Gasteiger partial charge is 0.462 e. The van der Waals surface area contributed by atoms with Gasteiger partial charge in [-0.3, -0.25) is 4.79 Å². The van der Waals surface area contributed by atoms with E-state index in [1.807, 2.05) is 31.2 Å². The predicted octanol–water partition coefficient (Wildman–Crippen LogP) is 9.33. The Kier molecular flexibility index (Phi) is 18.3. The van der Waals surface area contributed by atoms with Gasteiger partial charge in [0, 0.05) is 17.7 Å².